The van der Waals surface area contributed by atoms with Crippen molar-refractivity contribution >= 4 is 15.9 Å². The Morgan fingerprint density at radius 3 is 2.53 bits per heavy atom. The topological polar surface area (TPSA) is 29.3 Å². The van der Waals surface area contributed by atoms with E-state index in [2.05, 4.69) is 66.8 Å². The van der Waals surface area contributed by atoms with Crippen molar-refractivity contribution in [2.24, 2.45) is 5.73 Å². The lowest BCUT2D eigenvalue weighted by atomic mass is 10.0. The van der Waals surface area contributed by atoms with Crippen molar-refractivity contribution in [3.05, 3.63) is 33.8 Å². The SMILES string of the molecule is CCC(C)N(C)C(CN)c1ccc(Br)c(C)c1. The fourth-order valence-corrected chi connectivity index (χ4v) is 2.25. The van der Waals surface area contributed by atoms with Crippen LogP contribution >= 0.6 is 15.9 Å². The zero-order chi connectivity index (χ0) is 13.0. The third-order valence-corrected chi connectivity index (χ3v) is 4.46. The Labute approximate surface area is 113 Å². The molecule has 3 heteroatoms. The molecule has 1 rings (SSSR count). The predicted molar refractivity (Wildman–Crippen MR) is 78.2 cm³/mol. The summed E-state index contributed by atoms with van der Waals surface area (Å²) in [5.74, 6) is 0. The van der Waals surface area contributed by atoms with Gasteiger partial charge in [-0.3, -0.25) is 4.90 Å². The number of likely N-dealkylation sites (N-methyl/N-ethyl adjacent to an activating group) is 1. The van der Waals surface area contributed by atoms with E-state index in [1.807, 2.05) is 0 Å². The third kappa shape index (κ3) is 3.54. The molecule has 0 spiro atoms. The Morgan fingerprint density at radius 1 is 1.41 bits per heavy atom. The summed E-state index contributed by atoms with van der Waals surface area (Å²) in [7, 11) is 2.16. The van der Waals surface area contributed by atoms with Crippen LogP contribution in [0.4, 0.5) is 0 Å². The van der Waals surface area contributed by atoms with Gasteiger partial charge in [-0.25, -0.2) is 0 Å². The number of hydrogen-bond acceptors (Lipinski definition) is 2. The van der Waals surface area contributed by atoms with Gasteiger partial charge in [0.15, 0.2) is 0 Å². The van der Waals surface area contributed by atoms with Gasteiger partial charge < -0.3 is 5.73 Å². The molecule has 0 aliphatic carbocycles. The largest absolute Gasteiger partial charge is 0.329 e. The second kappa shape index (κ2) is 6.53. The first-order valence-corrected chi connectivity index (χ1v) is 6.98. The van der Waals surface area contributed by atoms with E-state index in [1.165, 1.54) is 11.1 Å². The number of nitrogens with zero attached hydrogens (tertiary/aromatic N) is 1. The Morgan fingerprint density at radius 2 is 2.06 bits per heavy atom. The second-order valence-corrected chi connectivity index (χ2v) is 5.54. The van der Waals surface area contributed by atoms with E-state index in [4.69, 9.17) is 5.73 Å². The van der Waals surface area contributed by atoms with Gasteiger partial charge in [-0.2, -0.15) is 0 Å². The van der Waals surface area contributed by atoms with Gasteiger partial charge in [-0.1, -0.05) is 35.0 Å². The van der Waals surface area contributed by atoms with Crippen LogP contribution in [0.3, 0.4) is 0 Å². The molecule has 0 aliphatic rings. The monoisotopic (exact) mass is 298 g/mol. The first kappa shape index (κ1) is 14.7. The number of rotatable bonds is 5. The van der Waals surface area contributed by atoms with Gasteiger partial charge in [0.2, 0.25) is 0 Å². The molecule has 0 aromatic heterocycles. The Kier molecular flexibility index (Phi) is 5.63. The average molecular weight is 299 g/mol. The molecule has 1 aromatic carbocycles. The third-order valence-electron chi connectivity index (χ3n) is 3.57. The van der Waals surface area contributed by atoms with Crippen molar-refractivity contribution in [3.63, 3.8) is 0 Å². The summed E-state index contributed by atoms with van der Waals surface area (Å²) in [5.41, 5.74) is 8.50. The van der Waals surface area contributed by atoms with Gasteiger partial charge in [0.05, 0.1) is 0 Å². The summed E-state index contributed by atoms with van der Waals surface area (Å²) in [4.78, 5) is 2.36. The van der Waals surface area contributed by atoms with Gasteiger partial charge in [-0.15, -0.1) is 0 Å². The highest BCUT2D eigenvalue weighted by Crippen LogP contribution is 2.25. The van der Waals surface area contributed by atoms with Crippen LogP contribution in [0.1, 0.15) is 37.4 Å². The van der Waals surface area contributed by atoms with Crippen LogP contribution in [0.25, 0.3) is 0 Å². The van der Waals surface area contributed by atoms with Crippen LogP contribution in [0.15, 0.2) is 22.7 Å². The smallest absolute Gasteiger partial charge is 0.0470 e. The summed E-state index contributed by atoms with van der Waals surface area (Å²) < 4.78 is 1.16. The molecule has 96 valence electrons. The first-order valence-electron chi connectivity index (χ1n) is 6.19. The van der Waals surface area contributed by atoms with E-state index in [0.29, 0.717) is 18.6 Å². The maximum atomic E-state index is 5.93. The Balaban J connectivity index is 2.97. The molecule has 0 heterocycles. The van der Waals surface area contributed by atoms with Crippen molar-refractivity contribution < 1.29 is 0 Å². The van der Waals surface area contributed by atoms with E-state index in [1.54, 1.807) is 0 Å². The Hall–Kier alpha value is -0.380. The summed E-state index contributed by atoms with van der Waals surface area (Å²) in [6.45, 7) is 7.22. The predicted octanol–water partition coefficient (Wildman–Crippen LogP) is 3.49. The average Bonchev–Trinajstić information content (AvgIpc) is 2.33. The van der Waals surface area contributed by atoms with Gasteiger partial charge >= 0.3 is 0 Å². The number of nitrogens with two attached hydrogens (primary N) is 1. The molecule has 0 bridgehead atoms. The maximum absolute atomic E-state index is 5.93. The minimum absolute atomic E-state index is 0.303. The number of aryl methyl sites for hydroxylation is 1. The highest BCUT2D eigenvalue weighted by molar-refractivity contribution is 9.10. The van der Waals surface area contributed by atoms with Crippen molar-refractivity contribution in [1.82, 2.24) is 4.90 Å². The molecule has 2 unspecified atom stereocenters. The molecule has 1 aromatic rings. The molecule has 17 heavy (non-hydrogen) atoms. The van der Waals surface area contributed by atoms with E-state index in [9.17, 15) is 0 Å². The lowest BCUT2D eigenvalue weighted by molar-refractivity contribution is 0.184. The molecular weight excluding hydrogens is 276 g/mol. The summed E-state index contributed by atoms with van der Waals surface area (Å²) in [5, 5.41) is 0. The normalized spacial score (nSPS) is 15.0. The van der Waals surface area contributed by atoms with Crippen molar-refractivity contribution in [1.29, 1.82) is 0 Å². The van der Waals surface area contributed by atoms with Crippen molar-refractivity contribution in [2.45, 2.75) is 39.3 Å². The second-order valence-electron chi connectivity index (χ2n) is 4.68. The van der Waals surface area contributed by atoms with Crippen LogP contribution in [-0.2, 0) is 0 Å². The fraction of sp³-hybridized carbons (Fsp3) is 0.571. The summed E-state index contributed by atoms with van der Waals surface area (Å²) in [6, 6.07) is 7.34. The highest BCUT2D eigenvalue weighted by Gasteiger charge is 2.19. The molecule has 0 fully saturated rings. The Bertz CT molecular complexity index is 365. The fourth-order valence-electron chi connectivity index (χ4n) is 2.01. The van der Waals surface area contributed by atoms with Gasteiger partial charge in [0.25, 0.3) is 0 Å². The zero-order valence-electron chi connectivity index (χ0n) is 11.2. The highest BCUT2D eigenvalue weighted by atomic mass is 79.9. The first-order chi connectivity index (χ1) is 8.01. The van der Waals surface area contributed by atoms with E-state index < -0.39 is 0 Å². The van der Waals surface area contributed by atoms with Crippen LogP contribution in [0.2, 0.25) is 0 Å². The maximum Gasteiger partial charge on any atom is 0.0470 e. The zero-order valence-corrected chi connectivity index (χ0v) is 12.8. The molecular formula is C14H23BrN2. The molecule has 2 nitrogen and oxygen atoms in total. The molecule has 0 aliphatic heterocycles. The van der Waals surface area contributed by atoms with Crippen molar-refractivity contribution in [3.8, 4) is 0 Å². The van der Waals surface area contributed by atoms with Crippen LogP contribution in [0.5, 0.6) is 0 Å². The van der Waals surface area contributed by atoms with Crippen LogP contribution in [-0.4, -0.2) is 24.5 Å². The number of hydrogen-bond donors (Lipinski definition) is 1. The minimum Gasteiger partial charge on any atom is -0.329 e. The van der Waals surface area contributed by atoms with E-state index in [-0.39, 0.29) is 0 Å². The summed E-state index contributed by atoms with van der Waals surface area (Å²) >= 11 is 3.54. The molecule has 2 N–H and O–H groups in total. The number of halogens is 1. The van der Waals surface area contributed by atoms with E-state index in [0.717, 1.165) is 10.9 Å². The van der Waals surface area contributed by atoms with E-state index >= 15 is 0 Å². The molecule has 0 saturated carbocycles. The van der Waals surface area contributed by atoms with Crippen LogP contribution in [0, 0.1) is 6.92 Å². The quantitative estimate of drug-likeness (QED) is 0.902. The lowest BCUT2D eigenvalue weighted by Crippen LogP contribution is -2.36. The summed E-state index contributed by atoms with van der Waals surface area (Å²) in [6.07, 6.45) is 1.14. The molecule has 0 radical (unpaired) electrons. The lowest BCUT2D eigenvalue weighted by Gasteiger charge is -2.32. The van der Waals surface area contributed by atoms with Gasteiger partial charge in [-0.05, 0) is 44.5 Å². The van der Waals surface area contributed by atoms with Crippen LogP contribution < -0.4 is 5.73 Å². The molecule has 2 atom stereocenters. The molecule has 0 amide bonds. The number of benzene rings is 1. The molecule has 0 saturated heterocycles. The van der Waals surface area contributed by atoms with Crippen molar-refractivity contribution in [2.75, 3.05) is 13.6 Å². The minimum atomic E-state index is 0.303. The standard InChI is InChI=1S/C14H23BrN2/c1-5-11(3)17(4)14(9-16)12-6-7-13(15)10(2)8-12/h6-8,11,14H,5,9,16H2,1-4H3. The van der Waals surface area contributed by atoms with Gasteiger partial charge in [0.1, 0.15) is 0 Å². The van der Waals surface area contributed by atoms with Gasteiger partial charge in [0, 0.05) is 23.1 Å².